The Labute approximate surface area is 177 Å². The van der Waals surface area contributed by atoms with Crippen LogP contribution in [0.3, 0.4) is 0 Å². The normalized spacial score (nSPS) is 29.9. The second kappa shape index (κ2) is 8.12. The topological polar surface area (TPSA) is 81.8 Å². The molecule has 3 saturated heterocycles. The lowest BCUT2D eigenvalue weighted by molar-refractivity contribution is -0.136. The molecule has 3 atom stereocenters. The van der Waals surface area contributed by atoms with Crippen molar-refractivity contribution in [1.29, 1.82) is 0 Å². The molecule has 0 spiro atoms. The molecule has 160 valence electrons. The van der Waals surface area contributed by atoms with Gasteiger partial charge in [0.05, 0.1) is 0 Å². The highest BCUT2D eigenvalue weighted by molar-refractivity contribution is 6.05. The summed E-state index contributed by atoms with van der Waals surface area (Å²) in [4.78, 5) is 40.8. The molecule has 7 nitrogen and oxygen atoms in total. The molecule has 0 aromatic heterocycles. The third-order valence-electron chi connectivity index (χ3n) is 7.28. The van der Waals surface area contributed by atoms with Crippen LogP contribution in [0, 0.1) is 5.92 Å². The molecule has 0 radical (unpaired) electrons. The molecule has 3 amide bonds. The van der Waals surface area contributed by atoms with Gasteiger partial charge in [-0.2, -0.15) is 0 Å². The number of imide groups is 1. The van der Waals surface area contributed by atoms with E-state index in [2.05, 4.69) is 27.7 Å². The fourth-order valence-electron chi connectivity index (χ4n) is 5.71. The molecule has 1 aromatic rings. The highest BCUT2D eigenvalue weighted by atomic mass is 16.2. The van der Waals surface area contributed by atoms with Gasteiger partial charge in [0.25, 0.3) is 5.91 Å². The van der Waals surface area contributed by atoms with Crippen molar-refractivity contribution in [1.82, 2.24) is 20.4 Å². The summed E-state index contributed by atoms with van der Waals surface area (Å²) in [6, 6.07) is 6.24. The molecule has 4 aliphatic heterocycles. The number of nitrogens with zero attached hydrogens (tertiary/aromatic N) is 2. The molecule has 7 heteroatoms. The van der Waals surface area contributed by atoms with Crippen LogP contribution in [0.2, 0.25) is 0 Å². The number of fused-ring (bicyclic) bond motifs is 1. The Morgan fingerprint density at radius 2 is 1.97 bits per heavy atom. The summed E-state index contributed by atoms with van der Waals surface area (Å²) in [7, 11) is 0. The lowest BCUT2D eigenvalue weighted by atomic mass is 9.89. The number of hydrogen-bond acceptors (Lipinski definition) is 5. The van der Waals surface area contributed by atoms with E-state index < -0.39 is 6.04 Å². The van der Waals surface area contributed by atoms with Gasteiger partial charge in [-0.1, -0.05) is 18.6 Å². The number of rotatable bonds is 4. The van der Waals surface area contributed by atoms with Gasteiger partial charge in [0.15, 0.2) is 0 Å². The van der Waals surface area contributed by atoms with E-state index in [-0.39, 0.29) is 24.1 Å². The molecule has 4 aliphatic rings. The molecule has 30 heavy (non-hydrogen) atoms. The first kappa shape index (κ1) is 19.7. The number of amides is 3. The number of nitrogens with one attached hydrogen (secondary N) is 2. The van der Waals surface area contributed by atoms with Crippen molar-refractivity contribution in [3.63, 3.8) is 0 Å². The van der Waals surface area contributed by atoms with E-state index in [1.165, 1.54) is 31.2 Å². The molecule has 0 bridgehead atoms. The Morgan fingerprint density at radius 3 is 2.77 bits per heavy atom. The first-order chi connectivity index (χ1) is 14.6. The summed E-state index contributed by atoms with van der Waals surface area (Å²) in [6.45, 7) is 4.76. The Balaban J connectivity index is 1.30. The summed E-state index contributed by atoms with van der Waals surface area (Å²) in [5.74, 6) is 0.0356. The van der Waals surface area contributed by atoms with Crippen LogP contribution in [-0.2, 0) is 22.7 Å². The quantitative estimate of drug-likeness (QED) is 0.734. The Kier molecular flexibility index (Phi) is 5.33. The van der Waals surface area contributed by atoms with Gasteiger partial charge in [-0.05, 0) is 68.4 Å². The van der Waals surface area contributed by atoms with Crippen LogP contribution in [0.5, 0.6) is 0 Å². The fourth-order valence-corrected chi connectivity index (χ4v) is 5.71. The van der Waals surface area contributed by atoms with Crippen LogP contribution in [0.25, 0.3) is 0 Å². The largest absolute Gasteiger partial charge is 0.322 e. The van der Waals surface area contributed by atoms with E-state index >= 15 is 0 Å². The average Bonchev–Trinajstić information content (AvgIpc) is 3.37. The van der Waals surface area contributed by atoms with Crippen molar-refractivity contribution in [2.75, 3.05) is 19.6 Å². The van der Waals surface area contributed by atoms with E-state index in [4.69, 9.17) is 0 Å². The summed E-state index contributed by atoms with van der Waals surface area (Å²) >= 11 is 0. The number of benzene rings is 1. The smallest absolute Gasteiger partial charge is 0.255 e. The number of carbonyl (C=O) groups is 3. The van der Waals surface area contributed by atoms with Crippen LogP contribution in [0.15, 0.2) is 18.2 Å². The minimum Gasteiger partial charge on any atom is -0.322 e. The van der Waals surface area contributed by atoms with Gasteiger partial charge in [-0.25, -0.2) is 0 Å². The first-order valence-electron chi connectivity index (χ1n) is 11.3. The van der Waals surface area contributed by atoms with Gasteiger partial charge in [-0.3, -0.25) is 24.6 Å². The lowest BCUT2D eigenvalue weighted by Gasteiger charge is -2.39. The van der Waals surface area contributed by atoms with E-state index in [1.807, 2.05) is 6.07 Å². The van der Waals surface area contributed by atoms with Crippen molar-refractivity contribution >= 4 is 17.7 Å². The van der Waals surface area contributed by atoms with E-state index in [0.717, 1.165) is 37.7 Å². The predicted octanol–water partition coefficient (Wildman–Crippen LogP) is 1.41. The highest BCUT2D eigenvalue weighted by Crippen LogP contribution is 2.31. The van der Waals surface area contributed by atoms with Gasteiger partial charge in [0.1, 0.15) is 6.04 Å². The zero-order valence-electron chi connectivity index (χ0n) is 17.4. The molecule has 3 unspecified atom stereocenters. The molecule has 3 fully saturated rings. The molecular formula is C23H30N4O3. The zero-order valence-corrected chi connectivity index (χ0v) is 17.4. The highest BCUT2D eigenvalue weighted by Gasteiger charge is 2.39. The maximum Gasteiger partial charge on any atom is 0.255 e. The molecular weight excluding hydrogens is 380 g/mol. The monoisotopic (exact) mass is 410 g/mol. The van der Waals surface area contributed by atoms with Crippen LogP contribution in [0.4, 0.5) is 0 Å². The molecule has 0 aliphatic carbocycles. The molecule has 2 N–H and O–H groups in total. The van der Waals surface area contributed by atoms with E-state index in [1.54, 1.807) is 4.90 Å². The van der Waals surface area contributed by atoms with Crippen molar-refractivity contribution < 1.29 is 14.4 Å². The minimum atomic E-state index is -0.549. The average molecular weight is 411 g/mol. The van der Waals surface area contributed by atoms with Gasteiger partial charge in [0.2, 0.25) is 11.8 Å². The number of piperidine rings is 2. The van der Waals surface area contributed by atoms with Gasteiger partial charge in [0, 0.05) is 31.1 Å². The van der Waals surface area contributed by atoms with E-state index in [0.29, 0.717) is 24.6 Å². The summed E-state index contributed by atoms with van der Waals surface area (Å²) < 4.78 is 0. The minimum absolute atomic E-state index is 0.0982. The van der Waals surface area contributed by atoms with Crippen LogP contribution < -0.4 is 10.6 Å². The van der Waals surface area contributed by atoms with E-state index in [9.17, 15) is 14.4 Å². The molecule has 1 aromatic carbocycles. The summed E-state index contributed by atoms with van der Waals surface area (Å²) in [5, 5.41) is 5.88. The number of likely N-dealkylation sites (tertiary alicyclic amines) is 1. The lowest BCUT2D eigenvalue weighted by Crippen LogP contribution is -2.52. The van der Waals surface area contributed by atoms with Crippen molar-refractivity contribution in [2.24, 2.45) is 5.92 Å². The van der Waals surface area contributed by atoms with Gasteiger partial charge >= 0.3 is 0 Å². The third kappa shape index (κ3) is 3.65. The maximum absolute atomic E-state index is 12.9. The number of carbonyl (C=O) groups excluding carboxylic acids is 3. The van der Waals surface area contributed by atoms with Crippen LogP contribution >= 0.6 is 0 Å². The third-order valence-corrected chi connectivity index (χ3v) is 7.28. The molecule has 5 rings (SSSR count). The maximum atomic E-state index is 12.9. The predicted molar refractivity (Wildman–Crippen MR) is 112 cm³/mol. The van der Waals surface area contributed by atoms with Crippen molar-refractivity contribution in [3.8, 4) is 0 Å². The van der Waals surface area contributed by atoms with Gasteiger partial charge in [-0.15, -0.1) is 0 Å². The summed E-state index contributed by atoms with van der Waals surface area (Å²) in [6.07, 6.45) is 5.80. The second-order valence-corrected chi connectivity index (χ2v) is 9.18. The van der Waals surface area contributed by atoms with Crippen molar-refractivity contribution in [2.45, 2.75) is 63.7 Å². The fraction of sp³-hybridized carbons (Fsp3) is 0.609. The standard InChI is InChI=1S/C23H30N4O3/c28-21-7-6-20(22(29)25-21)27-14-17-11-15(4-5-18(17)23(27)30)13-26-10-2-1-3-19(26)16-8-9-24-12-16/h4-5,11,16,19-20,24H,1-3,6-10,12-14H2,(H,25,28,29). The van der Waals surface area contributed by atoms with Gasteiger partial charge < -0.3 is 10.2 Å². The first-order valence-corrected chi connectivity index (χ1v) is 11.3. The number of hydrogen-bond donors (Lipinski definition) is 2. The Morgan fingerprint density at radius 1 is 1.07 bits per heavy atom. The Hall–Kier alpha value is -2.25. The second-order valence-electron chi connectivity index (χ2n) is 9.18. The SMILES string of the molecule is O=C1CCC(N2Cc3cc(CN4CCCCC4C4CCNC4)ccc3C2=O)C(=O)N1. The van der Waals surface area contributed by atoms with Crippen LogP contribution in [-0.4, -0.2) is 59.2 Å². The molecule has 0 saturated carbocycles. The summed E-state index contributed by atoms with van der Waals surface area (Å²) in [5.41, 5.74) is 2.93. The molecule has 4 heterocycles. The van der Waals surface area contributed by atoms with Crippen LogP contribution in [0.1, 0.15) is 60.0 Å². The Bertz CT molecular complexity index is 864. The van der Waals surface area contributed by atoms with Crippen molar-refractivity contribution in [3.05, 3.63) is 34.9 Å². The zero-order chi connectivity index (χ0) is 20.7.